The SMILES string of the molecule is COc1cc(/C=C\c2cc(OC)c(OC)c(OC)c2)c(N/C=C\C(=O)c2ccc(N)cc2)cc1OC. The maximum atomic E-state index is 12.5. The lowest BCUT2D eigenvalue weighted by Crippen LogP contribution is -1.99. The van der Waals surface area contributed by atoms with Crippen molar-refractivity contribution >= 4 is 29.3 Å². The van der Waals surface area contributed by atoms with Crippen LogP contribution in [0.3, 0.4) is 0 Å². The number of carbonyl (C=O) groups is 1. The Morgan fingerprint density at radius 3 is 1.89 bits per heavy atom. The molecule has 0 atom stereocenters. The maximum absolute atomic E-state index is 12.5. The monoisotopic (exact) mass is 490 g/mol. The number of anilines is 2. The minimum atomic E-state index is -0.155. The number of nitrogens with two attached hydrogens (primary N) is 1. The minimum absolute atomic E-state index is 0.155. The zero-order chi connectivity index (χ0) is 26.1. The van der Waals surface area contributed by atoms with E-state index >= 15 is 0 Å². The van der Waals surface area contributed by atoms with Crippen LogP contribution in [-0.2, 0) is 0 Å². The van der Waals surface area contributed by atoms with Crippen LogP contribution in [0.5, 0.6) is 28.7 Å². The second kappa shape index (κ2) is 12.2. The minimum Gasteiger partial charge on any atom is -0.493 e. The third-order valence-electron chi connectivity index (χ3n) is 5.37. The summed E-state index contributed by atoms with van der Waals surface area (Å²) in [4.78, 5) is 12.5. The van der Waals surface area contributed by atoms with Gasteiger partial charge in [0.15, 0.2) is 28.8 Å². The van der Waals surface area contributed by atoms with Crippen LogP contribution in [0.4, 0.5) is 11.4 Å². The number of hydrogen-bond acceptors (Lipinski definition) is 8. The molecule has 0 aliphatic carbocycles. The van der Waals surface area contributed by atoms with Gasteiger partial charge in [-0.25, -0.2) is 0 Å². The Hall–Kier alpha value is -4.59. The number of benzene rings is 3. The van der Waals surface area contributed by atoms with E-state index < -0.39 is 0 Å². The van der Waals surface area contributed by atoms with Crippen molar-refractivity contribution in [3.63, 3.8) is 0 Å². The third kappa shape index (κ3) is 6.09. The van der Waals surface area contributed by atoms with Crippen LogP contribution < -0.4 is 34.7 Å². The van der Waals surface area contributed by atoms with E-state index in [0.29, 0.717) is 45.7 Å². The topological polar surface area (TPSA) is 101 Å². The molecule has 0 aliphatic heterocycles. The molecule has 0 aliphatic rings. The van der Waals surface area contributed by atoms with Gasteiger partial charge in [-0.2, -0.15) is 0 Å². The number of ketones is 1. The Balaban J connectivity index is 1.93. The number of rotatable bonds is 11. The van der Waals surface area contributed by atoms with Gasteiger partial charge in [0.2, 0.25) is 5.75 Å². The molecule has 36 heavy (non-hydrogen) atoms. The summed E-state index contributed by atoms with van der Waals surface area (Å²) in [6.45, 7) is 0. The molecule has 0 saturated carbocycles. The molecule has 8 nitrogen and oxygen atoms in total. The van der Waals surface area contributed by atoms with Crippen LogP contribution in [0.25, 0.3) is 12.2 Å². The summed E-state index contributed by atoms with van der Waals surface area (Å²) in [6, 6.07) is 14.1. The van der Waals surface area contributed by atoms with Crippen molar-refractivity contribution in [3.05, 3.63) is 77.5 Å². The van der Waals surface area contributed by atoms with Gasteiger partial charge >= 0.3 is 0 Å². The van der Waals surface area contributed by atoms with Gasteiger partial charge in [-0.1, -0.05) is 12.2 Å². The molecule has 0 unspecified atom stereocenters. The highest BCUT2D eigenvalue weighted by Crippen LogP contribution is 2.39. The molecule has 0 amide bonds. The van der Waals surface area contributed by atoms with E-state index in [1.807, 2.05) is 30.4 Å². The number of hydrogen-bond donors (Lipinski definition) is 2. The molecule has 0 fully saturated rings. The number of carbonyl (C=O) groups excluding carboxylic acids is 1. The summed E-state index contributed by atoms with van der Waals surface area (Å²) < 4.78 is 27.2. The van der Waals surface area contributed by atoms with Crippen molar-refractivity contribution in [2.45, 2.75) is 0 Å². The first kappa shape index (κ1) is 26.0. The van der Waals surface area contributed by atoms with E-state index in [1.54, 1.807) is 72.1 Å². The number of ether oxygens (including phenoxy) is 5. The Morgan fingerprint density at radius 2 is 1.33 bits per heavy atom. The fraction of sp³-hybridized carbons (Fsp3) is 0.179. The van der Waals surface area contributed by atoms with Gasteiger partial charge in [0, 0.05) is 40.8 Å². The van der Waals surface area contributed by atoms with Crippen LogP contribution in [-0.4, -0.2) is 41.3 Å². The highest BCUT2D eigenvalue weighted by molar-refractivity contribution is 6.04. The molecule has 3 rings (SSSR count). The molecule has 0 aromatic heterocycles. The number of methoxy groups -OCH3 is 5. The first-order chi connectivity index (χ1) is 17.4. The standard InChI is InChI=1S/C28H30N2O6/c1-32-24-16-20(7-6-18-14-26(34-3)28(36-5)27(15-18)35-4)22(17-25(24)33-2)30-13-12-23(31)19-8-10-21(29)11-9-19/h6-17,30H,29H2,1-5H3/b7-6-,13-12-. The van der Waals surface area contributed by atoms with Gasteiger partial charge < -0.3 is 34.7 Å². The largest absolute Gasteiger partial charge is 0.493 e. The lowest BCUT2D eigenvalue weighted by molar-refractivity contribution is 0.104. The predicted molar refractivity (Wildman–Crippen MR) is 143 cm³/mol. The van der Waals surface area contributed by atoms with Gasteiger partial charge in [-0.05, 0) is 48.0 Å². The van der Waals surface area contributed by atoms with Crippen molar-refractivity contribution < 1.29 is 28.5 Å². The molecule has 0 radical (unpaired) electrons. The van der Waals surface area contributed by atoms with Crippen molar-refractivity contribution in [3.8, 4) is 28.7 Å². The summed E-state index contributed by atoms with van der Waals surface area (Å²) in [5.74, 6) is 2.56. The first-order valence-corrected chi connectivity index (χ1v) is 11.0. The van der Waals surface area contributed by atoms with Crippen molar-refractivity contribution in [1.29, 1.82) is 0 Å². The molecule has 0 heterocycles. The Labute approximate surface area is 210 Å². The van der Waals surface area contributed by atoms with E-state index in [-0.39, 0.29) is 5.78 Å². The van der Waals surface area contributed by atoms with E-state index in [2.05, 4.69) is 5.32 Å². The Kier molecular flexibility index (Phi) is 8.83. The summed E-state index contributed by atoms with van der Waals surface area (Å²) in [5.41, 5.74) is 9.17. The van der Waals surface area contributed by atoms with Crippen LogP contribution in [0.15, 0.2) is 60.8 Å². The molecular formula is C28H30N2O6. The summed E-state index contributed by atoms with van der Waals surface area (Å²) in [6.07, 6.45) is 6.84. The van der Waals surface area contributed by atoms with Crippen LogP contribution >= 0.6 is 0 Å². The van der Waals surface area contributed by atoms with Crippen molar-refractivity contribution in [2.24, 2.45) is 0 Å². The molecule has 0 saturated heterocycles. The quantitative estimate of drug-likeness (QED) is 0.162. The van der Waals surface area contributed by atoms with Crippen LogP contribution in [0.2, 0.25) is 0 Å². The summed E-state index contributed by atoms with van der Waals surface area (Å²) >= 11 is 0. The Morgan fingerprint density at radius 1 is 0.750 bits per heavy atom. The predicted octanol–water partition coefficient (Wildman–Crippen LogP) is 5.29. The van der Waals surface area contributed by atoms with Crippen LogP contribution in [0, 0.1) is 0 Å². The van der Waals surface area contributed by atoms with Gasteiger partial charge in [0.1, 0.15) is 0 Å². The van der Waals surface area contributed by atoms with Gasteiger partial charge in [0.25, 0.3) is 0 Å². The molecule has 3 aromatic rings. The second-order valence-electron chi connectivity index (χ2n) is 7.55. The normalized spacial score (nSPS) is 10.9. The first-order valence-electron chi connectivity index (χ1n) is 11.0. The smallest absolute Gasteiger partial charge is 0.203 e. The summed E-state index contributed by atoms with van der Waals surface area (Å²) in [5, 5.41) is 3.17. The second-order valence-corrected chi connectivity index (χ2v) is 7.55. The van der Waals surface area contributed by atoms with E-state index in [1.165, 1.54) is 6.08 Å². The van der Waals surface area contributed by atoms with E-state index in [0.717, 1.165) is 11.1 Å². The number of nitrogen functional groups attached to an aromatic ring is 1. The lowest BCUT2D eigenvalue weighted by atomic mass is 10.1. The van der Waals surface area contributed by atoms with Crippen molar-refractivity contribution in [1.82, 2.24) is 0 Å². The van der Waals surface area contributed by atoms with Crippen molar-refractivity contribution in [2.75, 3.05) is 46.6 Å². The molecule has 0 spiro atoms. The van der Waals surface area contributed by atoms with E-state index in [4.69, 9.17) is 29.4 Å². The fourth-order valence-corrected chi connectivity index (χ4v) is 3.49. The molecule has 0 bridgehead atoms. The highest BCUT2D eigenvalue weighted by Gasteiger charge is 2.13. The average molecular weight is 491 g/mol. The molecule has 188 valence electrons. The Bertz CT molecular complexity index is 1240. The average Bonchev–Trinajstić information content (AvgIpc) is 2.91. The number of nitrogens with one attached hydrogen (secondary N) is 1. The van der Waals surface area contributed by atoms with Crippen LogP contribution in [0.1, 0.15) is 21.5 Å². The van der Waals surface area contributed by atoms with E-state index in [9.17, 15) is 4.79 Å². The fourth-order valence-electron chi connectivity index (χ4n) is 3.49. The zero-order valence-electron chi connectivity index (χ0n) is 21.0. The molecule has 8 heteroatoms. The molecular weight excluding hydrogens is 460 g/mol. The molecule has 3 N–H and O–H groups in total. The summed E-state index contributed by atoms with van der Waals surface area (Å²) in [7, 11) is 7.83. The van der Waals surface area contributed by atoms with Gasteiger partial charge in [0.05, 0.1) is 35.5 Å². The van der Waals surface area contributed by atoms with Gasteiger partial charge in [-0.15, -0.1) is 0 Å². The maximum Gasteiger partial charge on any atom is 0.203 e. The zero-order valence-corrected chi connectivity index (χ0v) is 21.0. The number of allylic oxidation sites excluding steroid dienone is 1. The molecule has 3 aromatic carbocycles. The third-order valence-corrected chi connectivity index (χ3v) is 5.37. The van der Waals surface area contributed by atoms with Gasteiger partial charge in [-0.3, -0.25) is 4.79 Å². The highest BCUT2D eigenvalue weighted by atomic mass is 16.5. The lowest BCUT2D eigenvalue weighted by Gasteiger charge is -2.14.